The van der Waals surface area contributed by atoms with Gasteiger partial charge < -0.3 is 30.3 Å². The van der Waals surface area contributed by atoms with Crippen molar-refractivity contribution in [1.82, 2.24) is 20.9 Å². The minimum absolute atomic E-state index is 0.147. The van der Waals surface area contributed by atoms with Crippen molar-refractivity contribution in [2.45, 2.75) is 38.8 Å². The first-order valence-corrected chi connectivity index (χ1v) is 11.3. The second-order valence-electron chi connectivity index (χ2n) is 8.55. The van der Waals surface area contributed by atoms with Crippen molar-refractivity contribution in [3.63, 3.8) is 0 Å². The molecule has 0 spiro atoms. The summed E-state index contributed by atoms with van der Waals surface area (Å²) in [6.45, 7) is 5.82. The summed E-state index contributed by atoms with van der Waals surface area (Å²) in [4.78, 5) is 53.4. The number of ether oxygens (including phenoxy) is 2. The molecule has 3 N–H and O–H groups in total. The van der Waals surface area contributed by atoms with Crippen LogP contribution in [-0.4, -0.2) is 80.1 Å². The highest BCUT2D eigenvalue weighted by molar-refractivity contribution is 6.01. The highest BCUT2D eigenvalue weighted by atomic mass is 16.5. The van der Waals surface area contributed by atoms with Gasteiger partial charge in [-0.15, -0.1) is 0 Å². The normalized spacial score (nSPS) is 22.9. The molecule has 1 aromatic rings. The highest BCUT2D eigenvalue weighted by Gasteiger charge is 2.32. The molecule has 0 aromatic heterocycles. The number of hydrogen-bond donors (Lipinski definition) is 3. The quantitative estimate of drug-likeness (QED) is 0.586. The molecule has 2 aliphatic rings. The van der Waals surface area contributed by atoms with Crippen LogP contribution < -0.4 is 20.7 Å². The van der Waals surface area contributed by atoms with E-state index in [4.69, 9.17) is 9.47 Å². The fraction of sp³-hybridized carbons (Fsp3) is 0.565. The average Bonchev–Trinajstić information content (AvgIpc) is 2.80. The number of para-hydroxylation sites is 1. The summed E-state index contributed by atoms with van der Waals surface area (Å²) in [5.41, 5.74) is 0.249. The highest BCUT2D eigenvalue weighted by Crippen LogP contribution is 2.19. The van der Waals surface area contributed by atoms with E-state index in [1.807, 2.05) is 13.8 Å². The zero-order valence-electron chi connectivity index (χ0n) is 19.1. The lowest BCUT2D eigenvalue weighted by molar-refractivity contribution is -0.139. The number of carbonyl (C=O) groups excluding carboxylic acids is 4. The Morgan fingerprint density at radius 2 is 1.82 bits per heavy atom. The molecule has 2 atom stereocenters. The molecule has 33 heavy (non-hydrogen) atoms. The number of amides is 4. The molecule has 1 saturated heterocycles. The van der Waals surface area contributed by atoms with Crippen molar-refractivity contribution < 1.29 is 28.7 Å². The number of hydrogen-bond acceptors (Lipinski definition) is 6. The number of nitrogens with zero attached hydrogens (tertiary/aromatic N) is 1. The van der Waals surface area contributed by atoms with Crippen molar-refractivity contribution in [3.8, 4) is 5.75 Å². The van der Waals surface area contributed by atoms with E-state index in [9.17, 15) is 19.2 Å². The molecule has 10 nitrogen and oxygen atoms in total. The molecule has 0 radical (unpaired) electrons. The lowest BCUT2D eigenvalue weighted by atomic mass is 10.0. The van der Waals surface area contributed by atoms with Gasteiger partial charge in [-0.3, -0.25) is 19.2 Å². The number of morpholine rings is 1. The molecule has 0 unspecified atom stereocenters. The first-order valence-electron chi connectivity index (χ1n) is 11.3. The molecule has 180 valence electrons. The van der Waals surface area contributed by atoms with Gasteiger partial charge in [-0.25, -0.2) is 0 Å². The number of carbonyl (C=O) groups is 4. The van der Waals surface area contributed by atoms with Gasteiger partial charge in [0.1, 0.15) is 24.4 Å². The van der Waals surface area contributed by atoms with E-state index in [-0.39, 0.29) is 42.9 Å². The van der Waals surface area contributed by atoms with Crippen molar-refractivity contribution in [2.75, 3.05) is 39.5 Å². The van der Waals surface area contributed by atoms with Crippen LogP contribution in [0.5, 0.6) is 5.75 Å². The van der Waals surface area contributed by atoms with Gasteiger partial charge in [-0.05, 0) is 24.5 Å². The Morgan fingerprint density at radius 1 is 1.09 bits per heavy atom. The molecule has 0 saturated carbocycles. The van der Waals surface area contributed by atoms with Gasteiger partial charge in [0.25, 0.3) is 5.91 Å². The van der Waals surface area contributed by atoms with Crippen LogP contribution in [0.1, 0.15) is 37.0 Å². The number of rotatable bonds is 3. The fourth-order valence-corrected chi connectivity index (χ4v) is 3.82. The topological polar surface area (TPSA) is 126 Å². The predicted octanol–water partition coefficient (Wildman–Crippen LogP) is 0.0734. The zero-order chi connectivity index (χ0) is 23.8. The van der Waals surface area contributed by atoms with Crippen LogP contribution >= 0.6 is 0 Å². The first-order chi connectivity index (χ1) is 15.8. The van der Waals surface area contributed by atoms with Crippen LogP contribution in [0.4, 0.5) is 0 Å². The second-order valence-corrected chi connectivity index (χ2v) is 8.55. The van der Waals surface area contributed by atoms with E-state index < -0.39 is 23.9 Å². The molecule has 2 heterocycles. The van der Waals surface area contributed by atoms with Gasteiger partial charge in [-0.2, -0.15) is 0 Å². The van der Waals surface area contributed by atoms with E-state index in [0.29, 0.717) is 38.5 Å². The van der Waals surface area contributed by atoms with Gasteiger partial charge in [0.05, 0.1) is 31.7 Å². The summed E-state index contributed by atoms with van der Waals surface area (Å²) in [7, 11) is 0. The Labute approximate surface area is 193 Å². The summed E-state index contributed by atoms with van der Waals surface area (Å²) < 4.78 is 11.0. The van der Waals surface area contributed by atoms with Crippen LogP contribution in [0.2, 0.25) is 0 Å². The smallest absolute Gasteiger partial charge is 0.255 e. The van der Waals surface area contributed by atoms with E-state index in [0.717, 1.165) is 0 Å². The van der Waals surface area contributed by atoms with E-state index in [1.54, 1.807) is 29.2 Å². The Bertz CT molecular complexity index is 868. The van der Waals surface area contributed by atoms with Crippen molar-refractivity contribution >= 4 is 23.6 Å². The molecular formula is C23H32N4O6. The molecule has 10 heteroatoms. The van der Waals surface area contributed by atoms with Gasteiger partial charge in [0.2, 0.25) is 17.7 Å². The molecule has 4 amide bonds. The summed E-state index contributed by atoms with van der Waals surface area (Å²) in [5.74, 6) is -1.17. The number of nitrogens with one attached hydrogen (secondary N) is 3. The third-order valence-electron chi connectivity index (χ3n) is 5.47. The van der Waals surface area contributed by atoms with E-state index >= 15 is 0 Å². The summed E-state index contributed by atoms with van der Waals surface area (Å²) in [5, 5.41) is 8.22. The lowest BCUT2D eigenvalue weighted by Gasteiger charge is -2.31. The van der Waals surface area contributed by atoms with Crippen LogP contribution in [0.3, 0.4) is 0 Å². The molecule has 0 aliphatic carbocycles. The van der Waals surface area contributed by atoms with Gasteiger partial charge >= 0.3 is 0 Å². The van der Waals surface area contributed by atoms with Crippen molar-refractivity contribution in [2.24, 2.45) is 5.92 Å². The second kappa shape index (κ2) is 11.6. The minimum atomic E-state index is -1.09. The van der Waals surface area contributed by atoms with Crippen LogP contribution in [0, 0.1) is 5.92 Å². The largest absolute Gasteiger partial charge is 0.491 e. The van der Waals surface area contributed by atoms with Gasteiger partial charge in [0.15, 0.2) is 0 Å². The Balaban J connectivity index is 1.87. The Kier molecular flexibility index (Phi) is 8.65. The zero-order valence-corrected chi connectivity index (χ0v) is 19.1. The van der Waals surface area contributed by atoms with Crippen molar-refractivity contribution in [3.05, 3.63) is 29.8 Å². The van der Waals surface area contributed by atoms with Crippen molar-refractivity contribution in [1.29, 1.82) is 0 Å². The number of fused-ring (bicyclic) bond motifs is 1. The monoisotopic (exact) mass is 460 g/mol. The Hall–Kier alpha value is -3.14. The first kappa shape index (κ1) is 24.5. The third-order valence-corrected chi connectivity index (χ3v) is 5.47. The fourth-order valence-electron chi connectivity index (χ4n) is 3.82. The summed E-state index contributed by atoms with van der Waals surface area (Å²) in [6.07, 6.45) is 0.155. The number of benzene rings is 1. The van der Waals surface area contributed by atoms with Crippen LogP contribution in [-0.2, 0) is 19.1 Å². The van der Waals surface area contributed by atoms with E-state index in [1.165, 1.54) is 0 Å². The average molecular weight is 461 g/mol. The molecule has 0 bridgehead atoms. The standard InChI is InChI=1S/C23H32N4O6/c1-15(2)13-17-22(30)24-7-10-33-19-6-4-3-5-16(19)21(29)26-18(14-20(28)25-17)23(31)27-8-11-32-12-9-27/h3-6,15,17-18H,7-14H2,1-2H3,(H,24,30)(H,25,28)(H,26,29)/t17-,18+/m1/s1. The molecule has 1 aromatic carbocycles. The molecular weight excluding hydrogens is 428 g/mol. The third kappa shape index (κ3) is 6.92. The predicted molar refractivity (Wildman–Crippen MR) is 120 cm³/mol. The minimum Gasteiger partial charge on any atom is -0.491 e. The Morgan fingerprint density at radius 3 is 2.55 bits per heavy atom. The summed E-state index contributed by atoms with van der Waals surface area (Å²) in [6, 6.07) is 4.82. The van der Waals surface area contributed by atoms with Crippen LogP contribution in [0.15, 0.2) is 24.3 Å². The van der Waals surface area contributed by atoms with E-state index in [2.05, 4.69) is 16.0 Å². The molecule has 2 aliphatic heterocycles. The maximum atomic E-state index is 13.2. The maximum Gasteiger partial charge on any atom is 0.255 e. The lowest BCUT2D eigenvalue weighted by Crippen LogP contribution is -2.55. The SMILES string of the molecule is CC(C)C[C@H]1NC(=O)C[C@@H](C(=O)N2CCOCC2)NC(=O)c2ccccc2OCCNC1=O. The summed E-state index contributed by atoms with van der Waals surface area (Å²) >= 11 is 0. The maximum absolute atomic E-state index is 13.2. The van der Waals surface area contributed by atoms with Gasteiger partial charge in [0, 0.05) is 13.1 Å². The molecule has 1 fully saturated rings. The van der Waals surface area contributed by atoms with Crippen LogP contribution in [0.25, 0.3) is 0 Å². The van der Waals surface area contributed by atoms with Gasteiger partial charge in [-0.1, -0.05) is 26.0 Å². The molecule has 3 rings (SSSR count).